The molecule has 1 fully saturated rings. The molecule has 0 saturated carbocycles. The third-order valence-electron chi connectivity index (χ3n) is 4.96. The number of carbonyl (C=O) groups excluding carboxylic acids is 1. The first kappa shape index (κ1) is 15.9. The largest absolute Gasteiger partial charge is 0.454 e. The van der Waals surface area contributed by atoms with Crippen LogP contribution in [-0.4, -0.2) is 45.7 Å². The number of hydrogen-bond acceptors (Lipinski definition) is 5. The lowest BCUT2D eigenvalue weighted by atomic mass is 10.1. The SMILES string of the molecule is O=C(Cc1ccc2c(c1)OCO2)N1CC(n2cc(-c3ccccc3)nn2)C1. The summed E-state index contributed by atoms with van der Waals surface area (Å²) < 4.78 is 12.5. The zero-order valence-corrected chi connectivity index (χ0v) is 14.6. The fourth-order valence-electron chi connectivity index (χ4n) is 3.36. The van der Waals surface area contributed by atoms with Crippen LogP contribution in [0.25, 0.3) is 11.3 Å². The summed E-state index contributed by atoms with van der Waals surface area (Å²) in [4.78, 5) is 14.4. The van der Waals surface area contributed by atoms with Crippen LogP contribution in [-0.2, 0) is 11.2 Å². The van der Waals surface area contributed by atoms with Crippen LogP contribution in [0.15, 0.2) is 54.7 Å². The van der Waals surface area contributed by atoms with Gasteiger partial charge >= 0.3 is 0 Å². The number of fused-ring (bicyclic) bond motifs is 1. The van der Waals surface area contributed by atoms with Crippen molar-refractivity contribution in [3.05, 3.63) is 60.3 Å². The van der Waals surface area contributed by atoms with E-state index in [0.29, 0.717) is 25.3 Å². The van der Waals surface area contributed by atoms with Gasteiger partial charge in [-0.2, -0.15) is 0 Å². The highest BCUT2D eigenvalue weighted by molar-refractivity contribution is 5.80. The Morgan fingerprint density at radius 1 is 1.07 bits per heavy atom. The average Bonchev–Trinajstić information content (AvgIpc) is 3.30. The van der Waals surface area contributed by atoms with Crippen molar-refractivity contribution in [3.63, 3.8) is 0 Å². The number of rotatable bonds is 4. The van der Waals surface area contributed by atoms with Crippen LogP contribution in [0.4, 0.5) is 0 Å². The monoisotopic (exact) mass is 362 g/mol. The molecule has 27 heavy (non-hydrogen) atoms. The number of aromatic nitrogens is 3. The minimum absolute atomic E-state index is 0.105. The Hall–Kier alpha value is -3.35. The van der Waals surface area contributed by atoms with Gasteiger partial charge < -0.3 is 14.4 Å². The van der Waals surface area contributed by atoms with Crippen molar-refractivity contribution < 1.29 is 14.3 Å². The third kappa shape index (κ3) is 3.01. The normalized spacial score (nSPS) is 15.6. The molecule has 2 aliphatic rings. The van der Waals surface area contributed by atoms with Gasteiger partial charge in [0.2, 0.25) is 12.7 Å². The molecule has 0 N–H and O–H groups in total. The molecule has 1 saturated heterocycles. The van der Waals surface area contributed by atoms with E-state index in [4.69, 9.17) is 9.47 Å². The molecule has 3 heterocycles. The van der Waals surface area contributed by atoms with Gasteiger partial charge in [-0.15, -0.1) is 5.10 Å². The molecule has 2 aliphatic heterocycles. The predicted molar refractivity (Wildman–Crippen MR) is 97.3 cm³/mol. The quantitative estimate of drug-likeness (QED) is 0.712. The molecule has 0 unspecified atom stereocenters. The zero-order chi connectivity index (χ0) is 18.2. The maximum Gasteiger partial charge on any atom is 0.231 e. The van der Waals surface area contributed by atoms with Crippen molar-refractivity contribution in [2.45, 2.75) is 12.5 Å². The summed E-state index contributed by atoms with van der Waals surface area (Å²) >= 11 is 0. The molecule has 7 nitrogen and oxygen atoms in total. The van der Waals surface area contributed by atoms with Gasteiger partial charge in [0.15, 0.2) is 11.5 Å². The van der Waals surface area contributed by atoms with Crippen LogP contribution < -0.4 is 9.47 Å². The molecule has 1 amide bonds. The summed E-state index contributed by atoms with van der Waals surface area (Å²) in [5.41, 5.74) is 2.82. The highest BCUT2D eigenvalue weighted by Gasteiger charge is 2.32. The molecule has 3 aromatic rings. The lowest BCUT2D eigenvalue weighted by molar-refractivity contribution is -0.136. The van der Waals surface area contributed by atoms with E-state index in [9.17, 15) is 4.79 Å². The average molecular weight is 362 g/mol. The fourth-order valence-corrected chi connectivity index (χ4v) is 3.36. The fraction of sp³-hybridized carbons (Fsp3) is 0.250. The second-order valence-electron chi connectivity index (χ2n) is 6.77. The predicted octanol–water partition coefficient (Wildman–Crippen LogP) is 2.30. The number of likely N-dealkylation sites (tertiary alicyclic amines) is 1. The molecule has 0 atom stereocenters. The van der Waals surface area contributed by atoms with Gasteiger partial charge in [-0.3, -0.25) is 4.79 Å². The maximum absolute atomic E-state index is 12.5. The van der Waals surface area contributed by atoms with E-state index in [1.807, 2.05) is 64.3 Å². The summed E-state index contributed by atoms with van der Waals surface area (Å²) in [6, 6.07) is 15.8. The van der Waals surface area contributed by atoms with E-state index in [0.717, 1.165) is 22.6 Å². The van der Waals surface area contributed by atoms with E-state index >= 15 is 0 Å². The van der Waals surface area contributed by atoms with Crippen molar-refractivity contribution in [3.8, 4) is 22.8 Å². The van der Waals surface area contributed by atoms with Crippen molar-refractivity contribution >= 4 is 5.91 Å². The maximum atomic E-state index is 12.5. The zero-order valence-electron chi connectivity index (χ0n) is 14.6. The number of nitrogens with zero attached hydrogens (tertiary/aromatic N) is 4. The second-order valence-corrected chi connectivity index (χ2v) is 6.77. The van der Waals surface area contributed by atoms with Crippen LogP contribution in [0.2, 0.25) is 0 Å². The van der Waals surface area contributed by atoms with E-state index < -0.39 is 0 Å². The molecule has 0 bridgehead atoms. The Morgan fingerprint density at radius 3 is 2.74 bits per heavy atom. The number of carbonyl (C=O) groups is 1. The molecule has 136 valence electrons. The number of amides is 1. The van der Waals surface area contributed by atoms with Crippen molar-refractivity contribution in [2.75, 3.05) is 19.9 Å². The summed E-state index contributed by atoms with van der Waals surface area (Å²) in [5.74, 6) is 1.54. The first-order valence-electron chi connectivity index (χ1n) is 8.90. The molecule has 2 aromatic carbocycles. The molecule has 0 radical (unpaired) electrons. The number of benzene rings is 2. The van der Waals surface area contributed by atoms with Gasteiger partial charge in [-0.1, -0.05) is 41.6 Å². The molecule has 0 spiro atoms. The Kier molecular flexibility index (Phi) is 3.78. The Morgan fingerprint density at radius 2 is 1.89 bits per heavy atom. The van der Waals surface area contributed by atoms with Crippen LogP contribution in [0.3, 0.4) is 0 Å². The molecular weight excluding hydrogens is 344 g/mol. The summed E-state index contributed by atoms with van der Waals surface area (Å²) in [6.07, 6.45) is 2.30. The summed E-state index contributed by atoms with van der Waals surface area (Å²) in [6.45, 7) is 1.55. The minimum Gasteiger partial charge on any atom is -0.454 e. The van der Waals surface area contributed by atoms with Gasteiger partial charge in [0.1, 0.15) is 5.69 Å². The van der Waals surface area contributed by atoms with Crippen LogP contribution in [0, 0.1) is 0 Å². The lowest BCUT2D eigenvalue weighted by Gasteiger charge is -2.39. The molecule has 0 aliphatic carbocycles. The van der Waals surface area contributed by atoms with Gasteiger partial charge in [-0.05, 0) is 17.7 Å². The molecule has 1 aromatic heterocycles. The first-order chi connectivity index (χ1) is 13.3. The van der Waals surface area contributed by atoms with E-state index in [1.165, 1.54) is 0 Å². The Labute approximate surface area is 156 Å². The van der Waals surface area contributed by atoms with E-state index in [1.54, 1.807) is 0 Å². The van der Waals surface area contributed by atoms with Crippen molar-refractivity contribution in [1.29, 1.82) is 0 Å². The molecule has 5 rings (SSSR count). The highest BCUT2D eigenvalue weighted by Crippen LogP contribution is 2.33. The molecular formula is C20H18N4O3. The van der Waals surface area contributed by atoms with E-state index in [-0.39, 0.29) is 18.7 Å². The van der Waals surface area contributed by atoms with Crippen LogP contribution >= 0.6 is 0 Å². The van der Waals surface area contributed by atoms with Crippen molar-refractivity contribution in [1.82, 2.24) is 19.9 Å². The Bertz CT molecular complexity index is 980. The van der Waals surface area contributed by atoms with Gasteiger partial charge in [0.05, 0.1) is 18.7 Å². The van der Waals surface area contributed by atoms with Gasteiger partial charge in [0.25, 0.3) is 0 Å². The number of hydrogen-bond donors (Lipinski definition) is 0. The summed E-state index contributed by atoms with van der Waals surface area (Å²) in [7, 11) is 0. The van der Waals surface area contributed by atoms with Crippen LogP contribution in [0.5, 0.6) is 11.5 Å². The smallest absolute Gasteiger partial charge is 0.231 e. The van der Waals surface area contributed by atoms with E-state index in [2.05, 4.69) is 10.3 Å². The number of ether oxygens (including phenoxy) is 2. The van der Waals surface area contributed by atoms with Crippen molar-refractivity contribution in [2.24, 2.45) is 0 Å². The van der Waals surface area contributed by atoms with Gasteiger partial charge in [0, 0.05) is 18.7 Å². The molecule has 7 heteroatoms. The van der Waals surface area contributed by atoms with Crippen LogP contribution in [0.1, 0.15) is 11.6 Å². The minimum atomic E-state index is 0.105. The topological polar surface area (TPSA) is 69.5 Å². The highest BCUT2D eigenvalue weighted by atomic mass is 16.7. The standard InChI is InChI=1S/C20H18N4O3/c25-20(9-14-6-7-18-19(8-14)27-13-26-18)23-10-16(11-23)24-12-17(21-22-24)15-4-2-1-3-5-15/h1-8,12,16H,9-11,13H2. The Balaban J connectivity index is 1.19. The second kappa shape index (κ2) is 6.42. The van der Waals surface area contributed by atoms with Gasteiger partial charge in [-0.25, -0.2) is 4.68 Å². The third-order valence-corrected chi connectivity index (χ3v) is 4.96. The summed E-state index contributed by atoms with van der Waals surface area (Å²) in [5, 5.41) is 8.47. The first-order valence-corrected chi connectivity index (χ1v) is 8.90. The lowest BCUT2D eigenvalue weighted by Crippen LogP contribution is -2.51.